The molecule has 6 nitrogen and oxygen atoms in total. The molecule has 3 aromatic carbocycles. The lowest BCUT2D eigenvalue weighted by atomic mass is 10.1. The zero-order valence-electron chi connectivity index (χ0n) is 18.1. The molecule has 0 unspecified atom stereocenters. The number of nitrogens with one attached hydrogen (secondary N) is 2. The van der Waals surface area contributed by atoms with Crippen LogP contribution in [0.15, 0.2) is 77.7 Å². The van der Waals surface area contributed by atoms with Crippen LogP contribution in [0.2, 0.25) is 0 Å². The highest BCUT2D eigenvalue weighted by atomic mass is 32.2. The van der Waals surface area contributed by atoms with Crippen LogP contribution in [0.25, 0.3) is 0 Å². The Morgan fingerprint density at radius 2 is 1.47 bits per heavy atom. The van der Waals surface area contributed by atoms with Gasteiger partial charge in [-0.3, -0.25) is 9.59 Å². The molecule has 0 saturated heterocycles. The van der Waals surface area contributed by atoms with Crippen molar-refractivity contribution in [3.8, 4) is 0 Å². The summed E-state index contributed by atoms with van der Waals surface area (Å²) in [5.74, 6) is -2.17. The number of amides is 2. The predicted molar refractivity (Wildman–Crippen MR) is 126 cm³/mol. The van der Waals surface area contributed by atoms with Crippen molar-refractivity contribution < 1.29 is 27.9 Å². The number of hydrogen-bond donors (Lipinski definition) is 2. The highest BCUT2D eigenvalue weighted by Gasteiger charge is 2.15. The van der Waals surface area contributed by atoms with Crippen LogP contribution in [0, 0.1) is 11.6 Å². The molecule has 0 bridgehead atoms. The molecule has 0 saturated carbocycles. The fourth-order valence-electron chi connectivity index (χ4n) is 2.89. The van der Waals surface area contributed by atoms with Crippen LogP contribution >= 0.6 is 11.8 Å². The van der Waals surface area contributed by atoms with Crippen LogP contribution in [-0.2, 0) is 20.7 Å². The van der Waals surface area contributed by atoms with Gasteiger partial charge in [-0.05, 0) is 60.5 Å². The van der Waals surface area contributed by atoms with E-state index in [0.717, 1.165) is 17.3 Å². The number of ether oxygens (including phenoxy) is 1. The van der Waals surface area contributed by atoms with Gasteiger partial charge >= 0.3 is 5.97 Å². The van der Waals surface area contributed by atoms with Crippen molar-refractivity contribution in [1.82, 2.24) is 5.32 Å². The molecule has 176 valence electrons. The van der Waals surface area contributed by atoms with Gasteiger partial charge in [0.15, 0.2) is 6.61 Å². The Bertz CT molecular complexity index is 1140. The molecule has 3 rings (SSSR count). The van der Waals surface area contributed by atoms with E-state index in [1.165, 1.54) is 36.4 Å². The summed E-state index contributed by atoms with van der Waals surface area (Å²) in [6.07, 6.45) is 0.513. The van der Waals surface area contributed by atoms with Gasteiger partial charge < -0.3 is 15.4 Å². The highest BCUT2D eigenvalue weighted by Crippen LogP contribution is 2.23. The van der Waals surface area contributed by atoms with Crippen molar-refractivity contribution >= 4 is 35.2 Å². The maximum Gasteiger partial charge on any atom is 0.339 e. The van der Waals surface area contributed by atoms with Crippen molar-refractivity contribution in [2.75, 3.05) is 24.2 Å². The number of halogens is 2. The molecule has 0 spiro atoms. The Kier molecular flexibility index (Phi) is 9.16. The smallest absolute Gasteiger partial charge is 0.339 e. The number of anilines is 1. The zero-order chi connectivity index (χ0) is 24.3. The van der Waals surface area contributed by atoms with Gasteiger partial charge in [-0.15, -0.1) is 11.8 Å². The lowest BCUT2D eigenvalue weighted by molar-refractivity contribution is -0.124. The van der Waals surface area contributed by atoms with E-state index in [1.807, 2.05) is 0 Å². The number of carbonyl (C=O) groups excluding carboxylic acids is 3. The van der Waals surface area contributed by atoms with Crippen molar-refractivity contribution in [3.63, 3.8) is 0 Å². The van der Waals surface area contributed by atoms with Crippen molar-refractivity contribution in [3.05, 3.63) is 95.6 Å². The minimum Gasteiger partial charge on any atom is -0.452 e. The second-order valence-corrected chi connectivity index (χ2v) is 8.16. The van der Waals surface area contributed by atoms with Crippen LogP contribution in [0.4, 0.5) is 14.5 Å². The van der Waals surface area contributed by atoms with Gasteiger partial charge in [0.1, 0.15) is 11.6 Å². The first-order valence-corrected chi connectivity index (χ1v) is 11.3. The van der Waals surface area contributed by atoms with Gasteiger partial charge in [0.2, 0.25) is 5.91 Å². The molecule has 0 fully saturated rings. The molecule has 3 aromatic rings. The van der Waals surface area contributed by atoms with Crippen LogP contribution in [0.5, 0.6) is 0 Å². The second-order valence-electron chi connectivity index (χ2n) is 7.14. The van der Waals surface area contributed by atoms with Crippen molar-refractivity contribution in [2.45, 2.75) is 11.3 Å². The molecular weight excluding hydrogens is 462 g/mol. The minimum atomic E-state index is -0.685. The van der Waals surface area contributed by atoms with E-state index < -0.39 is 24.3 Å². The van der Waals surface area contributed by atoms with E-state index in [4.69, 9.17) is 4.74 Å². The molecule has 0 atom stereocenters. The summed E-state index contributed by atoms with van der Waals surface area (Å²) >= 11 is 1.14. The highest BCUT2D eigenvalue weighted by molar-refractivity contribution is 8.00. The number of benzene rings is 3. The number of esters is 1. The molecule has 0 aliphatic heterocycles. The summed E-state index contributed by atoms with van der Waals surface area (Å²) < 4.78 is 31.0. The molecule has 0 heterocycles. The van der Waals surface area contributed by atoms with Crippen LogP contribution in [0.3, 0.4) is 0 Å². The van der Waals surface area contributed by atoms with Gasteiger partial charge in [0.25, 0.3) is 5.91 Å². The van der Waals surface area contributed by atoms with Gasteiger partial charge in [-0.25, -0.2) is 13.6 Å². The summed E-state index contributed by atoms with van der Waals surface area (Å²) in [5, 5.41) is 5.29. The fourth-order valence-corrected chi connectivity index (χ4v) is 3.73. The number of hydrogen-bond acceptors (Lipinski definition) is 5. The van der Waals surface area contributed by atoms with E-state index >= 15 is 0 Å². The summed E-state index contributed by atoms with van der Waals surface area (Å²) in [6, 6.07) is 18.0. The van der Waals surface area contributed by atoms with Crippen LogP contribution in [-0.4, -0.2) is 36.7 Å². The normalized spacial score (nSPS) is 10.4. The average molecular weight is 485 g/mol. The van der Waals surface area contributed by atoms with Crippen molar-refractivity contribution in [1.29, 1.82) is 0 Å². The lowest BCUT2D eigenvalue weighted by Crippen LogP contribution is -2.30. The standard InChI is InChI=1S/C25H22F2N2O4S/c26-18-7-5-17(6-8-18)13-14-28-23(30)15-33-25(32)21-3-1-2-4-22(21)34-16-24(31)29-20-11-9-19(27)10-12-20/h1-12H,13-16H2,(H,28,30)(H,29,31). The van der Waals surface area contributed by atoms with E-state index in [0.29, 0.717) is 23.5 Å². The lowest BCUT2D eigenvalue weighted by Gasteiger charge is -2.10. The molecule has 0 aromatic heterocycles. The van der Waals surface area contributed by atoms with Crippen molar-refractivity contribution in [2.24, 2.45) is 0 Å². The Balaban J connectivity index is 1.44. The van der Waals surface area contributed by atoms with Gasteiger partial charge in [0, 0.05) is 17.1 Å². The summed E-state index contributed by atoms with van der Waals surface area (Å²) in [7, 11) is 0. The zero-order valence-corrected chi connectivity index (χ0v) is 18.9. The molecule has 9 heteroatoms. The second kappa shape index (κ2) is 12.5. The van der Waals surface area contributed by atoms with Gasteiger partial charge in [0.05, 0.1) is 11.3 Å². The molecule has 0 aliphatic carbocycles. The first-order valence-electron chi connectivity index (χ1n) is 10.4. The Labute approximate surface area is 199 Å². The summed E-state index contributed by atoms with van der Waals surface area (Å²) in [5.41, 5.74) is 1.57. The molecule has 2 N–H and O–H groups in total. The van der Waals surface area contributed by atoms with E-state index in [9.17, 15) is 23.2 Å². The minimum absolute atomic E-state index is 0.0194. The third-order valence-corrected chi connectivity index (χ3v) is 5.65. The Morgan fingerprint density at radius 1 is 0.824 bits per heavy atom. The largest absolute Gasteiger partial charge is 0.452 e. The Hall–Kier alpha value is -3.72. The average Bonchev–Trinajstić information content (AvgIpc) is 2.84. The number of thioether (sulfide) groups is 1. The monoisotopic (exact) mass is 484 g/mol. The maximum absolute atomic E-state index is 13.0. The third-order valence-electron chi connectivity index (χ3n) is 4.58. The van der Waals surface area contributed by atoms with Gasteiger partial charge in [-0.2, -0.15) is 0 Å². The Morgan fingerprint density at radius 3 is 2.18 bits per heavy atom. The third kappa shape index (κ3) is 8.00. The topological polar surface area (TPSA) is 84.5 Å². The van der Waals surface area contributed by atoms with E-state index in [-0.39, 0.29) is 23.0 Å². The fraction of sp³-hybridized carbons (Fsp3) is 0.160. The quantitative estimate of drug-likeness (QED) is 0.333. The summed E-state index contributed by atoms with van der Waals surface area (Å²) in [4.78, 5) is 37.2. The maximum atomic E-state index is 13.0. The number of rotatable bonds is 10. The molecule has 0 aliphatic rings. The molecule has 0 radical (unpaired) electrons. The van der Waals surface area contributed by atoms with Crippen LogP contribution in [0.1, 0.15) is 15.9 Å². The predicted octanol–water partition coefficient (Wildman–Crippen LogP) is 4.21. The first-order chi connectivity index (χ1) is 16.4. The molecule has 34 heavy (non-hydrogen) atoms. The number of carbonyl (C=O) groups is 3. The summed E-state index contributed by atoms with van der Waals surface area (Å²) in [6.45, 7) is -0.135. The SMILES string of the molecule is O=C(COC(=O)c1ccccc1SCC(=O)Nc1ccc(F)cc1)NCCc1ccc(F)cc1. The van der Waals surface area contributed by atoms with E-state index in [1.54, 1.807) is 36.4 Å². The van der Waals surface area contributed by atoms with E-state index in [2.05, 4.69) is 10.6 Å². The van der Waals surface area contributed by atoms with Crippen LogP contribution < -0.4 is 10.6 Å². The van der Waals surface area contributed by atoms with Gasteiger partial charge in [-0.1, -0.05) is 24.3 Å². The molecule has 2 amide bonds. The first kappa shape index (κ1) is 24.9. The molecular formula is C25H22F2N2O4S.